The Morgan fingerprint density at radius 3 is 2.85 bits per heavy atom. The predicted molar refractivity (Wildman–Crippen MR) is 55.5 cm³/mol. The number of aromatic nitrogens is 2. The van der Waals surface area contributed by atoms with Crippen LogP contribution in [0.25, 0.3) is 0 Å². The topological polar surface area (TPSA) is 29.0 Å². The van der Waals surface area contributed by atoms with Crippen LogP contribution in [0.15, 0.2) is 16.4 Å². The van der Waals surface area contributed by atoms with Crippen LogP contribution in [0.4, 0.5) is 5.13 Å². The van der Waals surface area contributed by atoms with Gasteiger partial charge in [-0.3, -0.25) is 0 Å². The number of anilines is 1. The molecule has 0 radical (unpaired) electrons. The van der Waals surface area contributed by atoms with Gasteiger partial charge in [0.1, 0.15) is 6.33 Å². The van der Waals surface area contributed by atoms with Gasteiger partial charge in [-0.1, -0.05) is 23.2 Å². The molecule has 6 heteroatoms. The van der Waals surface area contributed by atoms with Crippen molar-refractivity contribution in [3.8, 4) is 0 Å². The molecule has 13 heavy (non-hydrogen) atoms. The maximum absolute atomic E-state index is 5.94. The first-order valence-electron chi connectivity index (χ1n) is 3.82. The highest BCUT2D eigenvalue weighted by Crippen LogP contribution is 2.27. The van der Waals surface area contributed by atoms with Crippen LogP contribution < -0.4 is 4.90 Å². The van der Waals surface area contributed by atoms with Crippen molar-refractivity contribution in [2.45, 2.75) is 6.42 Å². The number of rotatable bonds is 1. The Kier molecular flexibility index (Phi) is 2.71. The van der Waals surface area contributed by atoms with Crippen molar-refractivity contribution >= 4 is 39.9 Å². The van der Waals surface area contributed by atoms with Crippen LogP contribution >= 0.6 is 34.7 Å². The predicted octanol–water partition coefficient (Wildman–Crippen LogP) is 2.44. The van der Waals surface area contributed by atoms with Crippen molar-refractivity contribution in [2.24, 2.45) is 0 Å². The lowest BCUT2D eigenvalue weighted by Crippen LogP contribution is -2.29. The van der Waals surface area contributed by atoms with Crippen LogP contribution in [-0.2, 0) is 0 Å². The van der Waals surface area contributed by atoms with E-state index in [0.29, 0.717) is 11.6 Å². The van der Waals surface area contributed by atoms with Crippen LogP contribution in [0.2, 0.25) is 0 Å². The summed E-state index contributed by atoms with van der Waals surface area (Å²) < 4.78 is 3.94. The molecular weight excluding hydrogens is 229 g/mol. The third-order valence-electron chi connectivity index (χ3n) is 1.85. The summed E-state index contributed by atoms with van der Waals surface area (Å²) in [5.41, 5.74) is 0. The van der Waals surface area contributed by atoms with Gasteiger partial charge in [-0.2, -0.15) is 4.37 Å². The van der Waals surface area contributed by atoms with E-state index in [2.05, 4.69) is 14.3 Å². The first kappa shape index (κ1) is 9.24. The monoisotopic (exact) mass is 235 g/mol. The second kappa shape index (κ2) is 3.82. The van der Waals surface area contributed by atoms with E-state index in [-0.39, 0.29) is 0 Å². The lowest BCUT2D eigenvalue weighted by Gasteiger charge is -2.25. The highest BCUT2D eigenvalue weighted by atomic mass is 35.5. The first-order chi connectivity index (χ1) is 6.27. The van der Waals surface area contributed by atoms with Crippen LogP contribution in [0.3, 0.4) is 0 Å². The summed E-state index contributed by atoms with van der Waals surface area (Å²) >= 11 is 13.2. The van der Waals surface area contributed by atoms with E-state index in [1.54, 1.807) is 6.33 Å². The SMILES string of the molecule is ClC1=C(Cl)CN(c2ncns2)CC1. The zero-order valence-electron chi connectivity index (χ0n) is 6.70. The Bertz CT molecular complexity index is 322. The highest BCUT2D eigenvalue weighted by Gasteiger charge is 2.18. The molecule has 2 heterocycles. The van der Waals surface area contributed by atoms with Crippen molar-refractivity contribution in [1.29, 1.82) is 0 Å². The van der Waals surface area contributed by atoms with E-state index >= 15 is 0 Å². The highest BCUT2D eigenvalue weighted by molar-refractivity contribution is 7.09. The van der Waals surface area contributed by atoms with Crippen LogP contribution in [0.1, 0.15) is 6.42 Å². The van der Waals surface area contributed by atoms with Gasteiger partial charge in [-0.15, -0.1) is 0 Å². The quantitative estimate of drug-likeness (QED) is 0.749. The van der Waals surface area contributed by atoms with Crippen molar-refractivity contribution in [3.05, 3.63) is 16.4 Å². The second-order valence-corrected chi connectivity index (χ2v) is 4.38. The molecule has 0 fully saturated rings. The molecule has 0 bridgehead atoms. The zero-order chi connectivity index (χ0) is 9.26. The lowest BCUT2D eigenvalue weighted by atomic mass is 10.2. The first-order valence-corrected chi connectivity index (χ1v) is 5.35. The minimum atomic E-state index is 0.648. The fourth-order valence-electron chi connectivity index (χ4n) is 1.17. The maximum Gasteiger partial charge on any atom is 0.205 e. The van der Waals surface area contributed by atoms with Crippen molar-refractivity contribution < 1.29 is 0 Å². The molecule has 0 N–H and O–H groups in total. The smallest absolute Gasteiger partial charge is 0.205 e. The molecule has 0 unspecified atom stereocenters. The van der Waals surface area contributed by atoms with E-state index in [1.165, 1.54) is 11.5 Å². The lowest BCUT2D eigenvalue weighted by molar-refractivity contribution is 0.799. The van der Waals surface area contributed by atoms with Gasteiger partial charge >= 0.3 is 0 Å². The summed E-state index contributed by atoms with van der Waals surface area (Å²) in [4.78, 5) is 6.18. The summed E-state index contributed by atoms with van der Waals surface area (Å²) in [7, 11) is 0. The summed E-state index contributed by atoms with van der Waals surface area (Å²) in [6.07, 6.45) is 2.34. The molecule has 0 spiro atoms. The molecule has 70 valence electrons. The van der Waals surface area contributed by atoms with Gasteiger partial charge < -0.3 is 4.90 Å². The zero-order valence-corrected chi connectivity index (χ0v) is 9.03. The average Bonchev–Trinajstić information content (AvgIpc) is 2.62. The number of nitrogens with zero attached hydrogens (tertiary/aromatic N) is 3. The fraction of sp³-hybridized carbons (Fsp3) is 0.429. The van der Waals surface area contributed by atoms with Gasteiger partial charge in [0.15, 0.2) is 0 Å². The second-order valence-electron chi connectivity index (χ2n) is 2.71. The molecule has 2 rings (SSSR count). The Hall–Kier alpha value is -0.320. The van der Waals surface area contributed by atoms with Gasteiger partial charge in [0, 0.05) is 29.5 Å². The number of hydrogen-bond acceptors (Lipinski definition) is 4. The molecule has 0 aliphatic carbocycles. The normalized spacial score (nSPS) is 18.2. The Morgan fingerprint density at radius 1 is 1.38 bits per heavy atom. The van der Waals surface area contributed by atoms with Crippen molar-refractivity contribution in [2.75, 3.05) is 18.0 Å². The van der Waals surface area contributed by atoms with Crippen molar-refractivity contribution in [1.82, 2.24) is 9.36 Å². The average molecular weight is 236 g/mol. The summed E-state index contributed by atoms with van der Waals surface area (Å²) in [6.45, 7) is 1.51. The standard InChI is InChI=1S/C7H7Cl2N3S/c8-5-1-2-12(3-6(5)9)7-10-4-11-13-7/h4H,1-3H2. The van der Waals surface area contributed by atoms with Crippen molar-refractivity contribution in [3.63, 3.8) is 0 Å². The summed E-state index contributed by atoms with van der Waals surface area (Å²) in [6, 6.07) is 0. The van der Waals surface area contributed by atoms with E-state index in [0.717, 1.165) is 23.1 Å². The minimum absolute atomic E-state index is 0.648. The van der Waals surface area contributed by atoms with Gasteiger partial charge in [-0.25, -0.2) is 4.98 Å². The summed E-state index contributed by atoms with van der Waals surface area (Å²) in [5.74, 6) is 0. The maximum atomic E-state index is 5.94. The third-order valence-corrected chi connectivity index (χ3v) is 3.43. The molecule has 0 aromatic carbocycles. The van der Waals surface area contributed by atoms with Gasteiger partial charge in [-0.05, 0) is 0 Å². The molecule has 1 aromatic rings. The fourth-order valence-corrected chi connectivity index (χ4v) is 2.11. The molecule has 1 aliphatic heterocycles. The van der Waals surface area contributed by atoms with Gasteiger partial charge in [0.2, 0.25) is 5.13 Å². The van der Waals surface area contributed by atoms with E-state index in [4.69, 9.17) is 23.2 Å². The number of halogens is 2. The molecule has 1 aromatic heterocycles. The Morgan fingerprint density at radius 2 is 2.23 bits per heavy atom. The molecular formula is C7H7Cl2N3S. The molecule has 0 saturated heterocycles. The van der Waals surface area contributed by atoms with Crippen LogP contribution in [0, 0.1) is 0 Å². The molecule has 0 saturated carbocycles. The van der Waals surface area contributed by atoms with Crippen LogP contribution in [-0.4, -0.2) is 22.4 Å². The number of hydrogen-bond donors (Lipinski definition) is 0. The van der Waals surface area contributed by atoms with E-state index in [1.807, 2.05) is 0 Å². The minimum Gasteiger partial charge on any atom is -0.341 e. The molecule has 1 aliphatic rings. The van der Waals surface area contributed by atoms with Crippen LogP contribution in [0.5, 0.6) is 0 Å². The summed E-state index contributed by atoms with van der Waals surface area (Å²) in [5, 5.41) is 2.38. The van der Waals surface area contributed by atoms with Gasteiger partial charge in [0.25, 0.3) is 0 Å². The largest absolute Gasteiger partial charge is 0.341 e. The Balaban J connectivity index is 2.14. The van der Waals surface area contributed by atoms with Gasteiger partial charge in [0.05, 0.1) is 11.6 Å². The molecule has 0 amide bonds. The van der Waals surface area contributed by atoms with E-state index in [9.17, 15) is 0 Å². The molecule has 3 nitrogen and oxygen atoms in total. The Labute approximate surface area is 90.1 Å². The third kappa shape index (κ3) is 1.95. The molecule has 0 atom stereocenters. The van der Waals surface area contributed by atoms with E-state index < -0.39 is 0 Å².